The monoisotopic (exact) mass is 333 g/mol. The van der Waals surface area contributed by atoms with Crippen LogP contribution in [0.5, 0.6) is 5.75 Å². The molecule has 0 fully saturated rings. The minimum atomic E-state index is -3.61. The molecule has 0 N–H and O–H groups in total. The van der Waals surface area contributed by atoms with Crippen LogP contribution in [0, 0.1) is 6.92 Å². The van der Waals surface area contributed by atoms with Crippen LogP contribution in [-0.2, 0) is 16.4 Å². The van der Waals surface area contributed by atoms with Crippen molar-refractivity contribution in [1.82, 2.24) is 0 Å². The van der Waals surface area contributed by atoms with Crippen molar-refractivity contribution in [1.29, 1.82) is 0 Å². The minimum Gasteiger partial charge on any atom is -0.496 e. The zero-order valence-corrected chi connectivity index (χ0v) is 14.9. The fourth-order valence-corrected chi connectivity index (χ4v) is 4.26. The van der Waals surface area contributed by atoms with Crippen molar-refractivity contribution < 1.29 is 13.2 Å². The van der Waals surface area contributed by atoms with Gasteiger partial charge in [0.15, 0.2) is 0 Å². The lowest BCUT2D eigenvalue weighted by molar-refractivity contribution is 0.411. The van der Waals surface area contributed by atoms with Crippen molar-refractivity contribution in [2.24, 2.45) is 0 Å². The quantitative estimate of drug-likeness (QED) is 0.808. The lowest BCUT2D eigenvalue weighted by Crippen LogP contribution is -2.31. The van der Waals surface area contributed by atoms with E-state index in [1.54, 1.807) is 25.3 Å². The molecular weight excluding hydrogens is 310 g/mol. The maximum absolute atomic E-state index is 13.1. The van der Waals surface area contributed by atoms with E-state index in [2.05, 4.69) is 0 Å². The highest BCUT2D eigenvalue weighted by atomic mass is 32.2. The molecule has 0 aliphatic carbocycles. The Labute approximate surface area is 138 Å². The van der Waals surface area contributed by atoms with Gasteiger partial charge in [-0.15, -0.1) is 0 Å². The van der Waals surface area contributed by atoms with Gasteiger partial charge in [0.2, 0.25) is 0 Å². The number of sulfonamides is 1. The maximum Gasteiger partial charge on any atom is 0.264 e. The standard InChI is InChI=1S/C18H23NO3S/c1-5-15-9-7-8-10-17(15)19(6-2)23(20,21)16-11-12-18(22-4)14(3)13-16/h7-13H,5-6H2,1-4H3. The Morgan fingerprint density at radius 1 is 1.09 bits per heavy atom. The number of rotatable bonds is 6. The molecule has 0 aliphatic heterocycles. The lowest BCUT2D eigenvalue weighted by atomic mass is 10.1. The summed E-state index contributed by atoms with van der Waals surface area (Å²) in [5, 5.41) is 0. The van der Waals surface area contributed by atoms with E-state index in [0.717, 1.165) is 23.2 Å². The van der Waals surface area contributed by atoms with E-state index in [1.165, 1.54) is 4.31 Å². The average Bonchev–Trinajstić information content (AvgIpc) is 2.55. The highest BCUT2D eigenvalue weighted by Gasteiger charge is 2.25. The van der Waals surface area contributed by atoms with Gasteiger partial charge in [-0.3, -0.25) is 4.31 Å². The van der Waals surface area contributed by atoms with Crippen LogP contribution in [0.1, 0.15) is 25.0 Å². The SMILES string of the molecule is CCc1ccccc1N(CC)S(=O)(=O)c1ccc(OC)c(C)c1. The highest BCUT2D eigenvalue weighted by molar-refractivity contribution is 7.92. The van der Waals surface area contributed by atoms with Crippen LogP contribution in [-0.4, -0.2) is 22.1 Å². The lowest BCUT2D eigenvalue weighted by Gasteiger charge is -2.25. The molecule has 0 aromatic heterocycles. The molecule has 2 aromatic carbocycles. The van der Waals surface area contributed by atoms with Crippen LogP contribution >= 0.6 is 0 Å². The van der Waals surface area contributed by atoms with Gasteiger partial charge in [0.05, 0.1) is 17.7 Å². The van der Waals surface area contributed by atoms with E-state index in [9.17, 15) is 8.42 Å². The van der Waals surface area contributed by atoms with Crippen molar-refractivity contribution in [3.63, 3.8) is 0 Å². The number of hydrogen-bond acceptors (Lipinski definition) is 3. The molecule has 0 saturated carbocycles. The third-order valence-electron chi connectivity index (χ3n) is 3.88. The number of para-hydroxylation sites is 1. The van der Waals surface area contributed by atoms with Gasteiger partial charge in [-0.1, -0.05) is 25.1 Å². The van der Waals surface area contributed by atoms with E-state index in [4.69, 9.17) is 4.74 Å². The Morgan fingerprint density at radius 3 is 2.35 bits per heavy atom. The summed E-state index contributed by atoms with van der Waals surface area (Å²) < 4.78 is 32.8. The molecular formula is C18H23NO3S. The Balaban J connectivity index is 2.53. The largest absolute Gasteiger partial charge is 0.496 e. The van der Waals surface area contributed by atoms with Crippen molar-refractivity contribution in [3.05, 3.63) is 53.6 Å². The van der Waals surface area contributed by atoms with Crippen LogP contribution in [0.4, 0.5) is 5.69 Å². The van der Waals surface area contributed by atoms with Crippen LogP contribution in [0.15, 0.2) is 47.4 Å². The second-order valence-corrected chi connectivity index (χ2v) is 7.15. The van der Waals surface area contributed by atoms with E-state index < -0.39 is 10.0 Å². The molecule has 0 atom stereocenters. The van der Waals surface area contributed by atoms with Gasteiger partial charge >= 0.3 is 0 Å². The first-order valence-corrected chi connectivity index (χ1v) is 9.15. The van der Waals surface area contributed by atoms with Gasteiger partial charge in [0.1, 0.15) is 5.75 Å². The van der Waals surface area contributed by atoms with E-state index >= 15 is 0 Å². The molecule has 0 unspecified atom stereocenters. The van der Waals surface area contributed by atoms with Crippen molar-refractivity contribution in [2.75, 3.05) is 18.0 Å². The Hall–Kier alpha value is -2.01. The predicted molar refractivity (Wildman–Crippen MR) is 93.8 cm³/mol. The highest BCUT2D eigenvalue weighted by Crippen LogP contribution is 2.29. The number of aryl methyl sites for hydroxylation is 2. The molecule has 23 heavy (non-hydrogen) atoms. The number of hydrogen-bond donors (Lipinski definition) is 0. The minimum absolute atomic E-state index is 0.281. The Bertz CT molecular complexity index is 785. The average molecular weight is 333 g/mol. The number of anilines is 1. The fourth-order valence-electron chi connectivity index (χ4n) is 2.66. The molecule has 0 amide bonds. The van der Waals surface area contributed by atoms with Crippen LogP contribution in [0.2, 0.25) is 0 Å². The van der Waals surface area contributed by atoms with Crippen molar-refractivity contribution in [2.45, 2.75) is 32.1 Å². The third kappa shape index (κ3) is 3.34. The van der Waals surface area contributed by atoms with E-state index in [1.807, 2.05) is 45.0 Å². The van der Waals surface area contributed by atoms with E-state index in [0.29, 0.717) is 12.3 Å². The van der Waals surface area contributed by atoms with Crippen molar-refractivity contribution in [3.8, 4) is 5.75 Å². The number of benzene rings is 2. The summed E-state index contributed by atoms with van der Waals surface area (Å²) in [7, 11) is -2.03. The van der Waals surface area contributed by atoms with E-state index in [-0.39, 0.29) is 4.90 Å². The fraction of sp³-hybridized carbons (Fsp3) is 0.333. The topological polar surface area (TPSA) is 46.6 Å². The van der Waals surface area contributed by atoms with Crippen molar-refractivity contribution >= 4 is 15.7 Å². The van der Waals surface area contributed by atoms with Crippen LogP contribution in [0.25, 0.3) is 0 Å². The van der Waals surface area contributed by atoms with Gasteiger partial charge < -0.3 is 4.74 Å². The molecule has 0 radical (unpaired) electrons. The Morgan fingerprint density at radius 2 is 1.78 bits per heavy atom. The zero-order valence-electron chi connectivity index (χ0n) is 14.0. The first-order chi connectivity index (χ1) is 11.0. The maximum atomic E-state index is 13.1. The molecule has 0 aliphatic rings. The first kappa shape index (κ1) is 17.3. The summed E-state index contributed by atoms with van der Waals surface area (Å²) in [6.45, 7) is 6.09. The molecule has 2 rings (SSSR count). The number of methoxy groups -OCH3 is 1. The molecule has 0 bridgehead atoms. The summed E-state index contributed by atoms with van der Waals surface area (Å²) in [6.07, 6.45) is 0.782. The second-order valence-electron chi connectivity index (χ2n) is 5.28. The zero-order chi connectivity index (χ0) is 17.0. The summed E-state index contributed by atoms with van der Waals surface area (Å²) in [6, 6.07) is 12.6. The molecule has 0 saturated heterocycles. The normalized spacial score (nSPS) is 11.3. The van der Waals surface area contributed by atoms with Gasteiger partial charge in [0, 0.05) is 6.54 Å². The molecule has 0 heterocycles. The Kier molecular flexibility index (Phi) is 5.31. The molecule has 5 heteroatoms. The second kappa shape index (κ2) is 7.04. The summed E-state index contributed by atoms with van der Waals surface area (Å²) >= 11 is 0. The summed E-state index contributed by atoms with van der Waals surface area (Å²) in [5.74, 6) is 0.681. The first-order valence-electron chi connectivity index (χ1n) is 7.71. The molecule has 2 aromatic rings. The van der Waals surface area contributed by atoms with Gasteiger partial charge in [0.25, 0.3) is 10.0 Å². The van der Waals surface area contributed by atoms with Gasteiger partial charge in [-0.2, -0.15) is 0 Å². The van der Waals surface area contributed by atoms with Crippen LogP contribution in [0.3, 0.4) is 0 Å². The summed E-state index contributed by atoms with van der Waals surface area (Å²) in [4.78, 5) is 0.281. The summed E-state index contributed by atoms with van der Waals surface area (Å²) in [5.41, 5.74) is 2.56. The van der Waals surface area contributed by atoms with Crippen LogP contribution < -0.4 is 9.04 Å². The molecule has 0 spiro atoms. The van der Waals surface area contributed by atoms with Gasteiger partial charge in [-0.25, -0.2) is 8.42 Å². The number of nitrogens with zero attached hydrogens (tertiary/aromatic N) is 1. The van der Waals surface area contributed by atoms with Gasteiger partial charge in [-0.05, 0) is 55.7 Å². The number of ether oxygens (including phenoxy) is 1. The predicted octanol–water partition coefficient (Wildman–Crippen LogP) is 3.78. The molecule has 124 valence electrons. The smallest absolute Gasteiger partial charge is 0.264 e. The third-order valence-corrected chi connectivity index (χ3v) is 5.77. The molecule has 4 nitrogen and oxygen atoms in total.